The number of aromatic nitrogens is 1. The number of fused-ring (bicyclic) bond motifs is 5. The SMILES string of the molecule is c1ccc(-c2cccc(N(c3ccc(-c4ccc5ccccc5c4)cc3)c3ccc4c(c3)oc3cc5oc(-c6ccccc6)nc5cc34)c2)cc1. The molecular weight excluding hydrogens is 625 g/mol. The van der Waals surface area contributed by atoms with Crippen molar-refractivity contribution in [2.45, 2.75) is 0 Å². The molecule has 0 atom stereocenters. The first-order chi connectivity index (χ1) is 25.2. The van der Waals surface area contributed by atoms with E-state index in [9.17, 15) is 0 Å². The van der Waals surface area contributed by atoms with Crippen LogP contribution in [0.15, 0.2) is 191 Å². The Hall–Kier alpha value is -6.91. The zero-order valence-corrected chi connectivity index (χ0v) is 27.5. The number of nitrogens with zero attached hydrogens (tertiary/aromatic N) is 2. The molecule has 2 heterocycles. The van der Waals surface area contributed by atoms with Crippen molar-refractivity contribution in [3.05, 3.63) is 182 Å². The van der Waals surface area contributed by atoms with Crippen molar-refractivity contribution in [3.8, 4) is 33.7 Å². The summed E-state index contributed by atoms with van der Waals surface area (Å²) in [5, 5.41) is 4.52. The molecule has 0 fully saturated rings. The molecule has 4 nitrogen and oxygen atoms in total. The Labute approximate surface area is 294 Å². The van der Waals surface area contributed by atoms with Crippen LogP contribution in [0.2, 0.25) is 0 Å². The monoisotopic (exact) mass is 654 g/mol. The quantitative estimate of drug-likeness (QED) is 0.179. The van der Waals surface area contributed by atoms with Gasteiger partial charge in [0.05, 0.1) is 0 Å². The van der Waals surface area contributed by atoms with E-state index in [0.717, 1.165) is 55.6 Å². The number of anilines is 3. The minimum atomic E-state index is 0.602. The lowest BCUT2D eigenvalue weighted by atomic mass is 10.0. The standard InChI is InChI=1S/C47H30N2O2/c1-3-10-31(11-4-1)36-16-9-17-39(27-36)49(38-22-20-33(21-23-38)37-19-18-32-12-7-8-15-35(32)26-37)40-24-25-41-42-29-43-46(30-45(42)50-44(41)28-40)51-47(48-43)34-13-5-2-6-14-34/h1-30H. The molecule has 8 aromatic carbocycles. The van der Waals surface area contributed by atoms with Crippen molar-refractivity contribution in [1.82, 2.24) is 4.98 Å². The maximum absolute atomic E-state index is 6.53. The lowest BCUT2D eigenvalue weighted by Crippen LogP contribution is -2.10. The summed E-state index contributed by atoms with van der Waals surface area (Å²) in [7, 11) is 0. The third-order valence-corrected chi connectivity index (χ3v) is 9.66. The summed E-state index contributed by atoms with van der Waals surface area (Å²) < 4.78 is 12.7. The molecular formula is C47H30N2O2. The van der Waals surface area contributed by atoms with Crippen LogP contribution in [0.25, 0.3) is 77.5 Å². The first-order valence-electron chi connectivity index (χ1n) is 17.1. The van der Waals surface area contributed by atoms with E-state index in [-0.39, 0.29) is 0 Å². The second-order valence-corrected chi connectivity index (χ2v) is 12.8. The van der Waals surface area contributed by atoms with Crippen molar-refractivity contribution < 1.29 is 8.83 Å². The largest absolute Gasteiger partial charge is 0.456 e. The molecule has 0 aliphatic carbocycles. The van der Waals surface area contributed by atoms with Gasteiger partial charge in [0.1, 0.15) is 16.7 Å². The summed E-state index contributed by atoms with van der Waals surface area (Å²) in [5.41, 5.74) is 11.8. The molecule has 0 amide bonds. The zero-order chi connectivity index (χ0) is 33.7. The van der Waals surface area contributed by atoms with Crippen LogP contribution in [0.4, 0.5) is 17.1 Å². The van der Waals surface area contributed by atoms with Crippen LogP contribution in [0.1, 0.15) is 0 Å². The molecule has 0 saturated carbocycles. The first-order valence-corrected chi connectivity index (χ1v) is 17.1. The van der Waals surface area contributed by atoms with Gasteiger partial charge in [-0.25, -0.2) is 4.98 Å². The Balaban J connectivity index is 1.08. The van der Waals surface area contributed by atoms with Crippen molar-refractivity contribution in [1.29, 1.82) is 0 Å². The number of oxazole rings is 1. The highest BCUT2D eigenvalue weighted by atomic mass is 16.4. The highest BCUT2D eigenvalue weighted by molar-refractivity contribution is 6.10. The molecule has 0 aliphatic rings. The van der Waals surface area contributed by atoms with Gasteiger partial charge in [0.15, 0.2) is 5.58 Å². The number of rotatable bonds is 6. The van der Waals surface area contributed by atoms with Crippen molar-refractivity contribution >= 4 is 60.9 Å². The van der Waals surface area contributed by atoms with Gasteiger partial charge in [-0.15, -0.1) is 0 Å². The molecule has 0 saturated heterocycles. The van der Waals surface area contributed by atoms with E-state index in [2.05, 4.69) is 150 Å². The molecule has 51 heavy (non-hydrogen) atoms. The Kier molecular flexibility index (Phi) is 6.78. The Morgan fingerprint density at radius 3 is 1.80 bits per heavy atom. The molecule has 0 spiro atoms. The molecule has 2 aromatic heterocycles. The number of hydrogen-bond donors (Lipinski definition) is 0. The Morgan fingerprint density at radius 2 is 0.980 bits per heavy atom. The van der Waals surface area contributed by atoms with E-state index in [1.165, 1.54) is 27.5 Å². The molecule has 10 rings (SSSR count). The minimum absolute atomic E-state index is 0.602. The van der Waals surface area contributed by atoms with Crippen molar-refractivity contribution in [3.63, 3.8) is 0 Å². The van der Waals surface area contributed by atoms with Gasteiger partial charge in [-0.1, -0.05) is 109 Å². The van der Waals surface area contributed by atoms with E-state index in [0.29, 0.717) is 11.5 Å². The van der Waals surface area contributed by atoms with Crippen molar-refractivity contribution in [2.24, 2.45) is 0 Å². The summed E-state index contributed by atoms with van der Waals surface area (Å²) in [6, 6.07) is 63.6. The smallest absolute Gasteiger partial charge is 0.227 e. The van der Waals surface area contributed by atoms with Crippen LogP contribution in [0.3, 0.4) is 0 Å². The molecule has 0 unspecified atom stereocenters. The average molecular weight is 655 g/mol. The highest BCUT2D eigenvalue weighted by Gasteiger charge is 2.18. The lowest BCUT2D eigenvalue weighted by Gasteiger charge is -2.26. The van der Waals surface area contributed by atoms with Gasteiger partial charge >= 0.3 is 0 Å². The second kappa shape index (κ2) is 11.9. The Morgan fingerprint density at radius 1 is 0.353 bits per heavy atom. The average Bonchev–Trinajstić information content (AvgIpc) is 3.78. The van der Waals surface area contributed by atoms with E-state index >= 15 is 0 Å². The highest BCUT2D eigenvalue weighted by Crippen LogP contribution is 2.41. The van der Waals surface area contributed by atoms with Gasteiger partial charge in [-0.3, -0.25) is 0 Å². The predicted octanol–water partition coefficient (Wildman–Crippen LogP) is 13.4. The minimum Gasteiger partial charge on any atom is -0.456 e. The number of hydrogen-bond acceptors (Lipinski definition) is 4. The third-order valence-electron chi connectivity index (χ3n) is 9.66. The maximum Gasteiger partial charge on any atom is 0.227 e. The Bertz CT molecular complexity index is 2850. The van der Waals surface area contributed by atoms with Crippen LogP contribution < -0.4 is 4.90 Å². The van der Waals surface area contributed by atoms with Gasteiger partial charge < -0.3 is 13.7 Å². The molecule has 4 heteroatoms. The number of benzene rings is 8. The van der Waals surface area contributed by atoms with Gasteiger partial charge in [-0.2, -0.15) is 0 Å². The number of furan rings is 1. The summed E-state index contributed by atoms with van der Waals surface area (Å²) in [6.07, 6.45) is 0. The second-order valence-electron chi connectivity index (χ2n) is 12.8. The summed E-state index contributed by atoms with van der Waals surface area (Å²) >= 11 is 0. The van der Waals surface area contributed by atoms with Gasteiger partial charge in [0.25, 0.3) is 0 Å². The van der Waals surface area contributed by atoms with Crippen LogP contribution in [-0.4, -0.2) is 4.98 Å². The van der Waals surface area contributed by atoms with Gasteiger partial charge in [0, 0.05) is 45.5 Å². The zero-order valence-electron chi connectivity index (χ0n) is 27.5. The summed E-state index contributed by atoms with van der Waals surface area (Å²) in [5.74, 6) is 0.602. The normalized spacial score (nSPS) is 11.5. The molecule has 0 bridgehead atoms. The fraction of sp³-hybridized carbons (Fsp3) is 0. The topological polar surface area (TPSA) is 42.4 Å². The summed E-state index contributed by atoms with van der Waals surface area (Å²) in [6.45, 7) is 0. The fourth-order valence-corrected chi connectivity index (χ4v) is 7.10. The molecule has 0 N–H and O–H groups in total. The molecule has 10 aromatic rings. The molecule has 240 valence electrons. The van der Waals surface area contributed by atoms with Crippen LogP contribution >= 0.6 is 0 Å². The molecule has 0 radical (unpaired) electrons. The fourth-order valence-electron chi connectivity index (χ4n) is 7.10. The summed E-state index contributed by atoms with van der Waals surface area (Å²) in [4.78, 5) is 7.10. The van der Waals surface area contributed by atoms with E-state index in [1.807, 2.05) is 36.4 Å². The van der Waals surface area contributed by atoms with E-state index < -0.39 is 0 Å². The van der Waals surface area contributed by atoms with Gasteiger partial charge in [-0.05, 0) is 93.7 Å². The maximum atomic E-state index is 6.53. The molecule has 0 aliphatic heterocycles. The first kappa shape index (κ1) is 29.0. The van der Waals surface area contributed by atoms with Crippen LogP contribution in [0.5, 0.6) is 0 Å². The lowest BCUT2D eigenvalue weighted by molar-refractivity contribution is 0.617. The third kappa shape index (κ3) is 5.22. The van der Waals surface area contributed by atoms with Crippen molar-refractivity contribution in [2.75, 3.05) is 4.90 Å². The van der Waals surface area contributed by atoms with Crippen LogP contribution in [-0.2, 0) is 0 Å². The van der Waals surface area contributed by atoms with Gasteiger partial charge in [0.2, 0.25) is 5.89 Å². The van der Waals surface area contributed by atoms with E-state index in [1.54, 1.807) is 0 Å². The van der Waals surface area contributed by atoms with E-state index in [4.69, 9.17) is 13.8 Å². The van der Waals surface area contributed by atoms with Crippen LogP contribution in [0, 0.1) is 0 Å². The predicted molar refractivity (Wildman–Crippen MR) is 210 cm³/mol.